The second kappa shape index (κ2) is 5.15. The minimum Gasteiger partial charge on any atom is -0.342 e. The topological polar surface area (TPSA) is 32.3 Å². The molecular formula is C13H23ClN2O. The van der Waals surface area contributed by atoms with Crippen LogP contribution < -0.4 is 5.32 Å². The normalized spacial score (nSPS) is 33.8. The highest BCUT2D eigenvalue weighted by atomic mass is 35.5. The summed E-state index contributed by atoms with van der Waals surface area (Å²) in [5.41, 5.74) is 0. The molecule has 2 aliphatic heterocycles. The first-order chi connectivity index (χ1) is 7.75. The molecule has 3 rings (SSSR count). The number of hydrogen-bond acceptors (Lipinski definition) is 2. The van der Waals surface area contributed by atoms with E-state index in [1.165, 1.54) is 19.3 Å². The first-order valence-corrected chi connectivity index (χ1v) is 6.75. The molecule has 98 valence electrons. The molecule has 4 heteroatoms. The molecule has 0 bridgehead atoms. The third-order valence-corrected chi connectivity index (χ3v) is 4.95. The van der Waals surface area contributed by atoms with Crippen molar-refractivity contribution in [2.45, 2.75) is 26.2 Å². The number of carbonyl (C=O) groups is 1. The highest BCUT2D eigenvalue weighted by molar-refractivity contribution is 5.85. The van der Waals surface area contributed by atoms with Crippen LogP contribution in [0, 0.1) is 23.7 Å². The van der Waals surface area contributed by atoms with Gasteiger partial charge in [-0.25, -0.2) is 0 Å². The Morgan fingerprint density at radius 2 is 1.82 bits per heavy atom. The maximum absolute atomic E-state index is 12.3. The number of fused-ring (bicyclic) bond motifs is 1. The molecule has 17 heavy (non-hydrogen) atoms. The van der Waals surface area contributed by atoms with Gasteiger partial charge in [0.05, 0.1) is 0 Å². The Morgan fingerprint density at radius 1 is 1.24 bits per heavy atom. The second-order valence-corrected chi connectivity index (χ2v) is 5.90. The van der Waals surface area contributed by atoms with Crippen LogP contribution in [0.1, 0.15) is 26.2 Å². The van der Waals surface area contributed by atoms with Crippen LogP contribution >= 0.6 is 12.4 Å². The average molecular weight is 259 g/mol. The largest absolute Gasteiger partial charge is 0.342 e. The van der Waals surface area contributed by atoms with Crippen LogP contribution in [0.5, 0.6) is 0 Å². The minimum absolute atomic E-state index is 0. The Hall–Kier alpha value is -0.280. The van der Waals surface area contributed by atoms with Gasteiger partial charge in [-0.05, 0) is 43.7 Å². The first-order valence-electron chi connectivity index (χ1n) is 6.75. The van der Waals surface area contributed by atoms with Crippen LogP contribution in [0.3, 0.4) is 0 Å². The van der Waals surface area contributed by atoms with E-state index < -0.39 is 0 Å². The summed E-state index contributed by atoms with van der Waals surface area (Å²) in [6.45, 7) is 6.28. The average Bonchev–Trinajstić information content (AvgIpc) is 2.72. The van der Waals surface area contributed by atoms with Crippen LogP contribution in [-0.2, 0) is 4.79 Å². The number of rotatable bonds is 2. The van der Waals surface area contributed by atoms with Crippen molar-refractivity contribution in [3.63, 3.8) is 0 Å². The van der Waals surface area contributed by atoms with Crippen molar-refractivity contribution >= 4 is 18.3 Å². The lowest BCUT2D eigenvalue weighted by atomic mass is 9.88. The van der Waals surface area contributed by atoms with Gasteiger partial charge in [0, 0.05) is 19.0 Å². The number of nitrogens with zero attached hydrogens (tertiary/aromatic N) is 1. The van der Waals surface area contributed by atoms with E-state index in [1.54, 1.807) is 0 Å². The van der Waals surface area contributed by atoms with E-state index in [4.69, 9.17) is 0 Å². The third-order valence-electron chi connectivity index (χ3n) is 4.95. The van der Waals surface area contributed by atoms with Gasteiger partial charge >= 0.3 is 0 Å². The molecular weight excluding hydrogens is 236 g/mol. The van der Waals surface area contributed by atoms with E-state index in [9.17, 15) is 4.79 Å². The Balaban J connectivity index is 0.00000108. The third kappa shape index (κ3) is 2.32. The molecule has 0 aromatic rings. The fourth-order valence-electron chi connectivity index (χ4n) is 3.57. The van der Waals surface area contributed by atoms with Gasteiger partial charge in [0.1, 0.15) is 0 Å². The van der Waals surface area contributed by atoms with E-state index in [0.717, 1.165) is 38.0 Å². The summed E-state index contributed by atoms with van der Waals surface area (Å²) >= 11 is 0. The summed E-state index contributed by atoms with van der Waals surface area (Å²) in [5, 5.41) is 3.26. The number of halogens is 1. The summed E-state index contributed by atoms with van der Waals surface area (Å²) in [4.78, 5) is 14.5. The summed E-state index contributed by atoms with van der Waals surface area (Å²) in [5.74, 6) is 2.90. The summed E-state index contributed by atoms with van der Waals surface area (Å²) in [7, 11) is 0. The molecule has 0 aromatic carbocycles. The van der Waals surface area contributed by atoms with Gasteiger partial charge in [0.25, 0.3) is 0 Å². The number of hydrogen-bond donors (Lipinski definition) is 1. The van der Waals surface area contributed by atoms with Crippen LogP contribution in [0.4, 0.5) is 0 Å². The van der Waals surface area contributed by atoms with Crippen LogP contribution in [-0.4, -0.2) is 37.0 Å². The highest BCUT2D eigenvalue weighted by Crippen LogP contribution is 2.38. The smallest absolute Gasteiger partial charge is 0.225 e. The quantitative estimate of drug-likeness (QED) is 0.815. The van der Waals surface area contributed by atoms with E-state index in [0.29, 0.717) is 11.8 Å². The molecule has 3 nitrogen and oxygen atoms in total. The van der Waals surface area contributed by atoms with Crippen LogP contribution in [0.25, 0.3) is 0 Å². The molecule has 3 aliphatic rings. The predicted molar refractivity (Wildman–Crippen MR) is 70.2 cm³/mol. The van der Waals surface area contributed by atoms with Crippen molar-refractivity contribution in [3.8, 4) is 0 Å². The zero-order valence-corrected chi connectivity index (χ0v) is 11.3. The van der Waals surface area contributed by atoms with Crippen LogP contribution in [0.2, 0.25) is 0 Å². The Morgan fingerprint density at radius 3 is 2.29 bits per heavy atom. The van der Waals surface area contributed by atoms with Crippen molar-refractivity contribution in [1.29, 1.82) is 0 Å². The SMILES string of the molecule is CC(C(=O)N1CC2CCCC2C1)C1CNC1.Cl. The van der Waals surface area contributed by atoms with Gasteiger partial charge in [-0.2, -0.15) is 0 Å². The predicted octanol–water partition coefficient (Wildman–Crippen LogP) is 1.52. The zero-order valence-electron chi connectivity index (χ0n) is 10.5. The molecule has 0 radical (unpaired) electrons. The molecule has 2 heterocycles. The molecule has 2 saturated heterocycles. The molecule has 0 aromatic heterocycles. The molecule has 1 N–H and O–H groups in total. The number of amides is 1. The monoisotopic (exact) mass is 258 g/mol. The minimum atomic E-state index is 0. The van der Waals surface area contributed by atoms with Crippen molar-refractivity contribution < 1.29 is 4.79 Å². The number of nitrogens with one attached hydrogen (secondary N) is 1. The Kier molecular flexibility index (Phi) is 3.99. The lowest BCUT2D eigenvalue weighted by Gasteiger charge is -2.34. The van der Waals surface area contributed by atoms with E-state index >= 15 is 0 Å². The van der Waals surface area contributed by atoms with Crippen molar-refractivity contribution in [1.82, 2.24) is 10.2 Å². The lowest BCUT2D eigenvalue weighted by Crippen LogP contribution is -2.50. The van der Waals surface area contributed by atoms with Gasteiger partial charge in [-0.3, -0.25) is 4.79 Å². The zero-order chi connectivity index (χ0) is 11.1. The second-order valence-electron chi connectivity index (χ2n) is 5.90. The first kappa shape index (κ1) is 13.2. The fraction of sp³-hybridized carbons (Fsp3) is 0.923. The molecule has 3 atom stereocenters. The summed E-state index contributed by atoms with van der Waals surface area (Å²) < 4.78 is 0. The standard InChI is InChI=1S/C13H22N2O.ClH/c1-9(12-5-14-6-12)13(16)15-7-10-3-2-4-11(10)8-15;/h9-12,14H,2-8H2,1H3;1H. The maximum atomic E-state index is 12.3. The summed E-state index contributed by atoms with van der Waals surface area (Å²) in [6.07, 6.45) is 4.10. The fourth-order valence-corrected chi connectivity index (χ4v) is 3.57. The van der Waals surface area contributed by atoms with E-state index in [1.807, 2.05) is 0 Å². The van der Waals surface area contributed by atoms with Gasteiger partial charge in [-0.15, -0.1) is 12.4 Å². The van der Waals surface area contributed by atoms with Crippen LogP contribution in [0.15, 0.2) is 0 Å². The van der Waals surface area contributed by atoms with Gasteiger partial charge in [0.2, 0.25) is 5.91 Å². The van der Waals surface area contributed by atoms with Crippen molar-refractivity contribution in [2.75, 3.05) is 26.2 Å². The molecule has 3 fully saturated rings. The van der Waals surface area contributed by atoms with Gasteiger partial charge in [-0.1, -0.05) is 13.3 Å². The molecule has 1 amide bonds. The van der Waals surface area contributed by atoms with E-state index in [-0.39, 0.29) is 18.3 Å². The number of likely N-dealkylation sites (tertiary alicyclic amines) is 1. The number of carbonyl (C=O) groups excluding carboxylic acids is 1. The van der Waals surface area contributed by atoms with Gasteiger partial charge in [0.15, 0.2) is 0 Å². The Bertz CT molecular complexity index is 281. The molecule has 0 spiro atoms. The molecule has 1 aliphatic carbocycles. The maximum Gasteiger partial charge on any atom is 0.225 e. The molecule has 3 unspecified atom stereocenters. The van der Waals surface area contributed by atoms with Crippen molar-refractivity contribution in [3.05, 3.63) is 0 Å². The van der Waals surface area contributed by atoms with E-state index in [2.05, 4.69) is 17.1 Å². The summed E-state index contributed by atoms with van der Waals surface area (Å²) in [6, 6.07) is 0. The lowest BCUT2D eigenvalue weighted by molar-refractivity contribution is -0.136. The van der Waals surface area contributed by atoms with Crippen molar-refractivity contribution in [2.24, 2.45) is 23.7 Å². The highest BCUT2D eigenvalue weighted by Gasteiger charge is 2.40. The van der Waals surface area contributed by atoms with Gasteiger partial charge < -0.3 is 10.2 Å². The molecule has 1 saturated carbocycles. The Labute approximate surface area is 110 Å².